The fourth-order valence-corrected chi connectivity index (χ4v) is 2.41. The maximum absolute atomic E-state index is 11.3. The molecule has 0 aliphatic rings. The van der Waals surface area contributed by atoms with Crippen molar-refractivity contribution < 1.29 is 4.79 Å². The number of aryl methyl sites for hydroxylation is 3. The Hall–Kier alpha value is -1.11. The Labute approximate surface area is 98.9 Å². The largest absolute Gasteiger partial charge is 0.300 e. The van der Waals surface area contributed by atoms with Gasteiger partial charge in [-0.1, -0.05) is 26.0 Å². The third-order valence-electron chi connectivity index (χ3n) is 3.26. The molecule has 0 unspecified atom stereocenters. The highest BCUT2D eigenvalue weighted by molar-refractivity contribution is 5.77. The minimum atomic E-state index is -0.0611. The molecule has 1 rings (SSSR count). The molecule has 0 aromatic heterocycles. The van der Waals surface area contributed by atoms with Crippen molar-refractivity contribution in [3.63, 3.8) is 0 Å². The van der Waals surface area contributed by atoms with E-state index in [0.29, 0.717) is 6.42 Å². The second-order valence-corrected chi connectivity index (χ2v) is 5.51. The SMILES string of the molecule is CC(=O)CC(C)(C)c1cc(C)c(C)cc1C. The smallest absolute Gasteiger partial charge is 0.130 e. The molecule has 0 spiro atoms. The van der Waals surface area contributed by atoms with Crippen molar-refractivity contribution in [1.82, 2.24) is 0 Å². The maximum atomic E-state index is 11.3. The summed E-state index contributed by atoms with van der Waals surface area (Å²) in [5.41, 5.74) is 5.14. The van der Waals surface area contributed by atoms with Crippen LogP contribution in [-0.4, -0.2) is 5.78 Å². The van der Waals surface area contributed by atoms with Crippen molar-refractivity contribution in [2.45, 2.75) is 53.4 Å². The van der Waals surface area contributed by atoms with Gasteiger partial charge in [-0.05, 0) is 55.4 Å². The molecule has 0 N–H and O–H groups in total. The molecule has 0 saturated carbocycles. The minimum Gasteiger partial charge on any atom is -0.300 e. The molecule has 0 saturated heterocycles. The van der Waals surface area contributed by atoms with Crippen molar-refractivity contribution in [2.75, 3.05) is 0 Å². The summed E-state index contributed by atoms with van der Waals surface area (Å²) in [6.45, 7) is 12.3. The molecule has 1 aromatic carbocycles. The summed E-state index contributed by atoms with van der Waals surface area (Å²) >= 11 is 0. The number of hydrogen-bond donors (Lipinski definition) is 0. The standard InChI is InChI=1S/C15H22O/c1-10-7-12(3)14(8-11(10)2)15(5,6)9-13(4)16/h7-8H,9H2,1-6H3. The topological polar surface area (TPSA) is 17.1 Å². The summed E-state index contributed by atoms with van der Waals surface area (Å²) in [4.78, 5) is 11.3. The van der Waals surface area contributed by atoms with Crippen LogP contribution >= 0.6 is 0 Å². The molecule has 0 aliphatic heterocycles. The predicted octanol–water partition coefficient (Wildman–Crippen LogP) is 3.87. The lowest BCUT2D eigenvalue weighted by molar-refractivity contribution is -0.118. The van der Waals surface area contributed by atoms with E-state index in [0.717, 1.165) is 0 Å². The molecular weight excluding hydrogens is 196 g/mol. The Bertz CT molecular complexity index is 414. The maximum Gasteiger partial charge on any atom is 0.130 e. The number of ketones is 1. The van der Waals surface area contributed by atoms with Crippen molar-refractivity contribution in [3.05, 3.63) is 34.4 Å². The van der Waals surface area contributed by atoms with Crippen molar-refractivity contribution in [1.29, 1.82) is 0 Å². The summed E-state index contributed by atoms with van der Waals surface area (Å²) in [5.74, 6) is 0.252. The van der Waals surface area contributed by atoms with Crippen LogP contribution in [0.25, 0.3) is 0 Å². The lowest BCUT2D eigenvalue weighted by atomic mass is 9.77. The van der Waals surface area contributed by atoms with E-state index in [1.807, 2.05) is 0 Å². The first-order valence-corrected chi connectivity index (χ1v) is 5.82. The second-order valence-electron chi connectivity index (χ2n) is 5.51. The van der Waals surface area contributed by atoms with Crippen molar-refractivity contribution in [2.24, 2.45) is 0 Å². The number of rotatable bonds is 3. The van der Waals surface area contributed by atoms with Crippen LogP contribution in [0.3, 0.4) is 0 Å². The van der Waals surface area contributed by atoms with Gasteiger partial charge in [-0.3, -0.25) is 4.79 Å². The van der Waals surface area contributed by atoms with Gasteiger partial charge in [-0.15, -0.1) is 0 Å². The summed E-state index contributed by atoms with van der Waals surface area (Å²) in [7, 11) is 0. The number of Topliss-reactive ketones (excluding diaryl/α,β-unsaturated/α-hetero) is 1. The summed E-state index contributed by atoms with van der Waals surface area (Å²) in [5, 5.41) is 0. The van der Waals surface area contributed by atoms with E-state index in [1.54, 1.807) is 6.92 Å². The molecule has 0 fully saturated rings. The van der Waals surface area contributed by atoms with Gasteiger partial charge in [0.05, 0.1) is 0 Å². The Morgan fingerprint density at radius 2 is 1.56 bits per heavy atom. The van der Waals surface area contributed by atoms with Crippen molar-refractivity contribution in [3.8, 4) is 0 Å². The highest BCUT2D eigenvalue weighted by Gasteiger charge is 2.24. The molecule has 1 nitrogen and oxygen atoms in total. The minimum absolute atomic E-state index is 0.0611. The number of carbonyl (C=O) groups excluding carboxylic acids is 1. The van der Waals surface area contributed by atoms with Crippen LogP contribution in [0.1, 0.15) is 49.4 Å². The fraction of sp³-hybridized carbons (Fsp3) is 0.533. The fourth-order valence-electron chi connectivity index (χ4n) is 2.41. The molecule has 0 aliphatic carbocycles. The van der Waals surface area contributed by atoms with E-state index in [9.17, 15) is 4.79 Å². The Morgan fingerprint density at radius 3 is 2.06 bits per heavy atom. The summed E-state index contributed by atoms with van der Waals surface area (Å²) < 4.78 is 0. The van der Waals surface area contributed by atoms with E-state index in [1.165, 1.54) is 22.3 Å². The normalized spacial score (nSPS) is 11.6. The Balaban J connectivity index is 3.22. The monoisotopic (exact) mass is 218 g/mol. The van der Waals surface area contributed by atoms with E-state index in [2.05, 4.69) is 46.8 Å². The Morgan fingerprint density at radius 1 is 1.06 bits per heavy atom. The first-order chi connectivity index (χ1) is 7.24. The number of benzene rings is 1. The van der Waals surface area contributed by atoms with Gasteiger partial charge in [0.25, 0.3) is 0 Å². The zero-order valence-electron chi connectivity index (χ0n) is 11.3. The first-order valence-electron chi connectivity index (χ1n) is 5.82. The molecule has 0 radical (unpaired) electrons. The lowest BCUT2D eigenvalue weighted by Crippen LogP contribution is -2.22. The molecule has 1 aromatic rings. The molecule has 0 bridgehead atoms. The molecule has 0 heterocycles. The van der Waals surface area contributed by atoms with Crippen LogP contribution in [-0.2, 0) is 10.2 Å². The predicted molar refractivity (Wildman–Crippen MR) is 69.0 cm³/mol. The van der Waals surface area contributed by atoms with E-state index < -0.39 is 0 Å². The van der Waals surface area contributed by atoms with Gasteiger partial charge in [0.2, 0.25) is 0 Å². The van der Waals surface area contributed by atoms with Gasteiger partial charge in [0.1, 0.15) is 5.78 Å². The van der Waals surface area contributed by atoms with Crippen LogP contribution in [0.4, 0.5) is 0 Å². The molecule has 88 valence electrons. The summed E-state index contributed by atoms with van der Waals surface area (Å²) in [6.07, 6.45) is 0.607. The zero-order chi connectivity index (χ0) is 12.5. The van der Waals surface area contributed by atoms with Crippen LogP contribution in [0.15, 0.2) is 12.1 Å². The molecule has 0 amide bonds. The number of carbonyl (C=O) groups is 1. The van der Waals surface area contributed by atoms with Gasteiger partial charge in [-0.25, -0.2) is 0 Å². The van der Waals surface area contributed by atoms with E-state index >= 15 is 0 Å². The second kappa shape index (κ2) is 4.40. The number of hydrogen-bond acceptors (Lipinski definition) is 1. The van der Waals surface area contributed by atoms with Gasteiger partial charge in [-0.2, -0.15) is 0 Å². The summed E-state index contributed by atoms with van der Waals surface area (Å²) in [6, 6.07) is 4.44. The highest BCUT2D eigenvalue weighted by Crippen LogP contribution is 2.31. The van der Waals surface area contributed by atoms with Gasteiger partial charge < -0.3 is 0 Å². The molecule has 0 atom stereocenters. The van der Waals surface area contributed by atoms with Gasteiger partial charge >= 0.3 is 0 Å². The quantitative estimate of drug-likeness (QED) is 0.752. The average Bonchev–Trinajstić information content (AvgIpc) is 2.08. The van der Waals surface area contributed by atoms with Crippen LogP contribution in [0.2, 0.25) is 0 Å². The Kier molecular flexibility index (Phi) is 3.57. The first kappa shape index (κ1) is 13.0. The van der Waals surface area contributed by atoms with Gasteiger partial charge in [0, 0.05) is 6.42 Å². The van der Waals surface area contributed by atoms with Crippen LogP contribution < -0.4 is 0 Å². The zero-order valence-corrected chi connectivity index (χ0v) is 11.3. The van der Waals surface area contributed by atoms with E-state index in [4.69, 9.17) is 0 Å². The van der Waals surface area contributed by atoms with Gasteiger partial charge in [0.15, 0.2) is 0 Å². The lowest BCUT2D eigenvalue weighted by Gasteiger charge is -2.27. The highest BCUT2D eigenvalue weighted by atomic mass is 16.1. The molecular formula is C15H22O. The van der Waals surface area contributed by atoms with Crippen LogP contribution in [0.5, 0.6) is 0 Å². The van der Waals surface area contributed by atoms with Crippen molar-refractivity contribution >= 4 is 5.78 Å². The van der Waals surface area contributed by atoms with Crippen LogP contribution in [0, 0.1) is 20.8 Å². The average molecular weight is 218 g/mol. The molecule has 16 heavy (non-hydrogen) atoms. The third kappa shape index (κ3) is 2.72. The third-order valence-corrected chi connectivity index (χ3v) is 3.26. The molecule has 1 heteroatoms. The van der Waals surface area contributed by atoms with E-state index in [-0.39, 0.29) is 11.2 Å².